The molecule has 0 saturated heterocycles. The zero-order chi connectivity index (χ0) is 15.5. The van der Waals surface area contributed by atoms with Gasteiger partial charge in [0.05, 0.1) is 27.6 Å². The standard InChI is InChI=1S/C15H9N3O2S2/c16-6-9-1-3-10(4-2-9)12-5-11-14(22-12)15(18-8-17-11)21-7-13(19)20/h1-5,8H,7H2,(H,19,20). The van der Waals surface area contributed by atoms with Gasteiger partial charge in [-0.2, -0.15) is 5.26 Å². The van der Waals surface area contributed by atoms with Crippen LogP contribution in [0.15, 0.2) is 41.7 Å². The van der Waals surface area contributed by atoms with Crippen LogP contribution in [-0.4, -0.2) is 26.8 Å². The Morgan fingerprint density at radius 3 is 2.77 bits per heavy atom. The molecule has 22 heavy (non-hydrogen) atoms. The Labute approximate surface area is 134 Å². The number of nitriles is 1. The molecule has 1 N–H and O–H groups in total. The molecular weight excluding hydrogens is 318 g/mol. The smallest absolute Gasteiger partial charge is 0.313 e. The second-order valence-corrected chi connectivity index (χ2v) is 6.39. The maximum absolute atomic E-state index is 10.7. The van der Waals surface area contributed by atoms with E-state index in [-0.39, 0.29) is 5.75 Å². The number of carbonyl (C=O) groups is 1. The van der Waals surface area contributed by atoms with Crippen LogP contribution in [0.4, 0.5) is 0 Å². The minimum absolute atomic E-state index is 0.0315. The third kappa shape index (κ3) is 2.93. The van der Waals surface area contributed by atoms with Gasteiger partial charge < -0.3 is 5.11 Å². The lowest BCUT2D eigenvalue weighted by Crippen LogP contribution is -1.98. The summed E-state index contributed by atoms with van der Waals surface area (Å²) in [5, 5.41) is 18.3. The summed E-state index contributed by atoms with van der Waals surface area (Å²) in [7, 11) is 0. The number of hydrogen-bond acceptors (Lipinski definition) is 6. The van der Waals surface area contributed by atoms with Crippen LogP contribution in [0.1, 0.15) is 5.56 Å². The van der Waals surface area contributed by atoms with Crippen molar-refractivity contribution in [3.8, 4) is 16.5 Å². The van der Waals surface area contributed by atoms with Crippen molar-refractivity contribution in [1.29, 1.82) is 5.26 Å². The van der Waals surface area contributed by atoms with Crippen molar-refractivity contribution >= 4 is 39.3 Å². The van der Waals surface area contributed by atoms with Gasteiger partial charge in [0.1, 0.15) is 11.4 Å². The van der Waals surface area contributed by atoms with Gasteiger partial charge in [0.2, 0.25) is 0 Å². The molecule has 0 radical (unpaired) electrons. The summed E-state index contributed by atoms with van der Waals surface area (Å²) < 4.78 is 0.883. The molecule has 3 aromatic rings. The van der Waals surface area contributed by atoms with Gasteiger partial charge in [-0.05, 0) is 23.8 Å². The third-order valence-electron chi connectivity index (χ3n) is 2.91. The zero-order valence-corrected chi connectivity index (χ0v) is 12.8. The maximum atomic E-state index is 10.7. The van der Waals surface area contributed by atoms with E-state index in [2.05, 4.69) is 16.0 Å². The average molecular weight is 327 g/mol. The molecule has 7 heteroatoms. The lowest BCUT2D eigenvalue weighted by Gasteiger charge is -1.98. The summed E-state index contributed by atoms with van der Waals surface area (Å²) in [6, 6.07) is 11.4. The highest BCUT2D eigenvalue weighted by molar-refractivity contribution is 8.00. The number of carboxylic acids is 1. The number of aliphatic carboxylic acids is 1. The van der Waals surface area contributed by atoms with Crippen molar-refractivity contribution in [2.24, 2.45) is 0 Å². The maximum Gasteiger partial charge on any atom is 0.313 e. The largest absolute Gasteiger partial charge is 0.481 e. The number of benzene rings is 1. The summed E-state index contributed by atoms with van der Waals surface area (Å²) in [4.78, 5) is 20.1. The minimum Gasteiger partial charge on any atom is -0.481 e. The normalized spacial score (nSPS) is 10.5. The molecule has 0 spiro atoms. The van der Waals surface area contributed by atoms with Crippen LogP contribution in [0, 0.1) is 11.3 Å². The van der Waals surface area contributed by atoms with Gasteiger partial charge in [-0.25, -0.2) is 9.97 Å². The molecule has 5 nitrogen and oxygen atoms in total. The van der Waals surface area contributed by atoms with Gasteiger partial charge in [-0.1, -0.05) is 23.9 Å². The van der Waals surface area contributed by atoms with Crippen molar-refractivity contribution in [3.05, 3.63) is 42.2 Å². The summed E-state index contributed by atoms with van der Waals surface area (Å²) in [6.07, 6.45) is 1.45. The molecule has 0 fully saturated rings. The second-order valence-electron chi connectivity index (χ2n) is 4.38. The second kappa shape index (κ2) is 6.13. The molecule has 0 saturated carbocycles. The Hall–Kier alpha value is -2.43. The average Bonchev–Trinajstić information content (AvgIpc) is 2.97. The van der Waals surface area contributed by atoms with E-state index in [0.29, 0.717) is 10.6 Å². The highest BCUT2D eigenvalue weighted by Gasteiger charge is 2.12. The van der Waals surface area contributed by atoms with Crippen LogP contribution in [0.25, 0.3) is 20.7 Å². The Kier molecular flexibility index (Phi) is 4.04. The van der Waals surface area contributed by atoms with E-state index >= 15 is 0 Å². The highest BCUT2D eigenvalue weighted by atomic mass is 32.2. The van der Waals surface area contributed by atoms with Crippen molar-refractivity contribution in [3.63, 3.8) is 0 Å². The predicted molar refractivity (Wildman–Crippen MR) is 85.9 cm³/mol. The molecule has 3 rings (SSSR count). The van der Waals surface area contributed by atoms with E-state index in [1.807, 2.05) is 18.2 Å². The Balaban J connectivity index is 2.00. The highest BCUT2D eigenvalue weighted by Crippen LogP contribution is 2.36. The molecule has 0 aliphatic carbocycles. The molecule has 0 atom stereocenters. The number of carboxylic acid groups (broad SMARTS) is 1. The molecule has 0 bridgehead atoms. The van der Waals surface area contributed by atoms with E-state index < -0.39 is 5.97 Å². The van der Waals surface area contributed by atoms with Gasteiger partial charge in [0.15, 0.2) is 0 Å². The van der Waals surface area contributed by atoms with Gasteiger partial charge in [-0.15, -0.1) is 11.3 Å². The third-order valence-corrected chi connectivity index (χ3v) is 5.19. The fourth-order valence-electron chi connectivity index (χ4n) is 1.92. The van der Waals surface area contributed by atoms with Crippen LogP contribution < -0.4 is 0 Å². The molecule has 2 heterocycles. The summed E-state index contributed by atoms with van der Waals surface area (Å²) in [5.74, 6) is -0.906. The fraction of sp³-hybridized carbons (Fsp3) is 0.0667. The predicted octanol–water partition coefficient (Wildman–Crippen LogP) is 3.41. The first-order valence-corrected chi connectivity index (χ1v) is 8.07. The first kappa shape index (κ1) is 14.5. The van der Waals surface area contributed by atoms with Crippen molar-refractivity contribution < 1.29 is 9.90 Å². The van der Waals surface area contributed by atoms with Crippen molar-refractivity contribution in [2.45, 2.75) is 5.03 Å². The number of aromatic nitrogens is 2. The molecular formula is C15H9N3O2S2. The molecule has 0 unspecified atom stereocenters. The van der Waals surface area contributed by atoms with Crippen LogP contribution in [-0.2, 0) is 4.79 Å². The van der Waals surface area contributed by atoms with Crippen LogP contribution in [0.3, 0.4) is 0 Å². The van der Waals surface area contributed by atoms with Crippen LogP contribution in [0.5, 0.6) is 0 Å². The number of thiophene rings is 1. The van der Waals surface area contributed by atoms with Crippen LogP contribution in [0.2, 0.25) is 0 Å². The molecule has 1 aromatic carbocycles. The lowest BCUT2D eigenvalue weighted by atomic mass is 10.1. The van der Waals surface area contributed by atoms with Crippen molar-refractivity contribution in [2.75, 3.05) is 5.75 Å². The number of hydrogen-bond donors (Lipinski definition) is 1. The first-order valence-electron chi connectivity index (χ1n) is 6.27. The fourth-order valence-corrected chi connectivity index (χ4v) is 3.84. The van der Waals surface area contributed by atoms with Gasteiger partial charge in [0.25, 0.3) is 0 Å². The van der Waals surface area contributed by atoms with E-state index in [9.17, 15) is 4.79 Å². The lowest BCUT2D eigenvalue weighted by molar-refractivity contribution is -0.133. The summed E-state index contributed by atoms with van der Waals surface area (Å²) in [5.41, 5.74) is 2.41. The van der Waals surface area contributed by atoms with E-state index in [1.165, 1.54) is 29.4 Å². The minimum atomic E-state index is -0.874. The van der Waals surface area contributed by atoms with Gasteiger partial charge >= 0.3 is 5.97 Å². The topological polar surface area (TPSA) is 86.9 Å². The monoisotopic (exact) mass is 327 g/mol. The molecule has 0 amide bonds. The number of nitrogens with zero attached hydrogens (tertiary/aromatic N) is 3. The number of thioether (sulfide) groups is 1. The first-order chi connectivity index (χ1) is 10.7. The Morgan fingerprint density at radius 2 is 2.09 bits per heavy atom. The van der Waals surface area contributed by atoms with Crippen LogP contribution >= 0.6 is 23.1 Å². The van der Waals surface area contributed by atoms with E-state index in [4.69, 9.17) is 10.4 Å². The quantitative estimate of drug-likeness (QED) is 0.584. The zero-order valence-electron chi connectivity index (χ0n) is 11.2. The molecule has 0 aliphatic rings. The van der Waals surface area contributed by atoms with Crippen molar-refractivity contribution in [1.82, 2.24) is 9.97 Å². The van der Waals surface area contributed by atoms with E-state index in [0.717, 1.165) is 20.7 Å². The molecule has 2 aromatic heterocycles. The number of rotatable bonds is 4. The summed E-state index contributed by atoms with van der Waals surface area (Å²) in [6.45, 7) is 0. The number of fused-ring (bicyclic) bond motifs is 1. The SMILES string of the molecule is N#Cc1ccc(-c2cc3ncnc(SCC(=O)O)c3s2)cc1. The molecule has 0 aliphatic heterocycles. The molecule has 108 valence electrons. The Morgan fingerprint density at radius 1 is 1.32 bits per heavy atom. The summed E-state index contributed by atoms with van der Waals surface area (Å²) >= 11 is 2.71. The van der Waals surface area contributed by atoms with Gasteiger partial charge in [0, 0.05) is 4.88 Å². The Bertz CT molecular complexity index is 882. The van der Waals surface area contributed by atoms with E-state index in [1.54, 1.807) is 12.1 Å². The van der Waals surface area contributed by atoms with Gasteiger partial charge in [-0.3, -0.25) is 4.79 Å².